The molecule has 0 aliphatic carbocycles. The number of aromatic amines is 1. The van der Waals surface area contributed by atoms with Crippen LogP contribution in [0.2, 0.25) is 0 Å². The molecule has 3 aromatic heterocycles. The number of aromatic nitrogens is 6. The minimum atomic E-state index is -0.527. The van der Waals surface area contributed by atoms with Gasteiger partial charge in [0.1, 0.15) is 12.4 Å². The third-order valence-electron chi connectivity index (χ3n) is 4.42. The van der Waals surface area contributed by atoms with Gasteiger partial charge in [0, 0.05) is 26.3 Å². The number of carbonyl (C=O) groups excluding carboxylic acids is 1. The summed E-state index contributed by atoms with van der Waals surface area (Å²) in [5.74, 6) is -0.101. The molecule has 0 aromatic carbocycles. The number of unbranched alkanes of at least 4 members (excludes halogenated alkanes) is 1. The van der Waals surface area contributed by atoms with E-state index in [1.165, 1.54) is 15.4 Å². The standard InChI is InChI=1S/C18H24N6O4/c1-4-6-8-24-15-14(16(25)21-18(24)27)23(7-5-2)13(20-15)11-28-17(26)12-9-19-22(3)10-12/h9-10H,4-8,11H2,1-3H3,(H,21,25,27). The van der Waals surface area contributed by atoms with E-state index in [1.54, 1.807) is 17.8 Å². The van der Waals surface area contributed by atoms with Gasteiger partial charge in [-0.25, -0.2) is 14.6 Å². The fourth-order valence-electron chi connectivity index (χ4n) is 3.06. The van der Waals surface area contributed by atoms with E-state index in [4.69, 9.17) is 4.74 Å². The van der Waals surface area contributed by atoms with Crippen LogP contribution >= 0.6 is 0 Å². The number of rotatable bonds is 8. The van der Waals surface area contributed by atoms with Crippen molar-refractivity contribution < 1.29 is 9.53 Å². The Labute approximate surface area is 160 Å². The van der Waals surface area contributed by atoms with Crippen LogP contribution in [0.4, 0.5) is 0 Å². The number of imidazole rings is 1. The van der Waals surface area contributed by atoms with Crippen molar-refractivity contribution in [2.45, 2.75) is 52.8 Å². The van der Waals surface area contributed by atoms with Gasteiger partial charge in [0.05, 0.1) is 11.8 Å². The SMILES string of the molecule is CCCCn1c(=O)[nH]c(=O)c2c1nc(COC(=O)c1cnn(C)c1)n2CCC. The van der Waals surface area contributed by atoms with Crippen LogP contribution in [-0.4, -0.2) is 34.9 Å². The molecule has 0 saturated heterocycles. The van der Waals surface area contributed by atoms with Gasteiger partial charge in [-0.2, -0.15) is 5.10 Å². The van der Waals surface area contributed by atoms with Gasteiger partial charge in [-0.3, -0.25) is 19.0 Å². The highest BCUT2D eigenvalue weighted by molar-refractivity contribution is 5.88. The second-order valence-corrected chi connectivity index (χ2v) is 6.60. The lowest BCUT2D eigenvalue weighted by Crippen LogP contribution is -2.31. The molecule has 0 radical (unpaired) electrons. The summed E-state index contributed by atoms with van der Waals surface area (Å²) in [5.41, 5.74) is 0.0101. The van der Waals surface area contributed by atoms with Crippen LogP contribution in [0, 0.1) is 0 Å². The molecule has 0 spiro atoms. The molecule has 1 N–H and O–H groups in total. The first kappa shape index (κ1) is 19.6. The van der Waals surface area contributed by atoms with Gasteiger partial charge in [0.25, 0.3) is 5.56 Å². The van der Waals surface area contributed by atoms with Crippen molar-refractivity contribution in [3.05, 3.63) is 44.6 Å². The largest absolute Gasteiger partial charge is 0.454 e. The Kier molecular flexibility index (Phi) is 5.76. The molecule has 3 heterocycles. The zero-order valence-electron chi connectivity index (χ0n) is 16.3. The molecule has 0 amide bonds. The summed E-state index contributed by atoms with van der Waals surface area (Å²) >= 11 is 0. The zero-order valence-corrected chi connectivity index (χ0v) is 16.3. The Bertz CT molecular complexity index is 1100. The fourth-order valence-corrected chi connectivity index (χ4v) is 3.06. The average Bonchev–Trinajstić information content (AvgIpc) is 3.24. The molecule has 28 heavy (non-hydrogen) atoms. The third kappa shape index (κ3) is 3.75. The van der Waals surface area contributed by atoms with Gasteiger partial charge in [-0.15, -0.1) is 0 Å². The number of ether oxygens (including phenoxy) is 1. The Morgan fingerprint density at radius 2 is 1.96 bits per heavy atom. The molecule has 3 aromatic rings. The molecule has 0 atom stereocenters. The van der Waals surface area contributed by atoms with E-state index in [0.717, 1.165) is 19.3 Å². The van der Waals surface area contributed by atoms with Crippen LogP contribution < -0.4 is 11.2 Å². The number of H-pyrrole nitrogens is 1. The Balaban J connectivity index is 2.00. The van der Waals surface area contributed by atoms with E-state index in [0.29, 0.717) is 35.6 Å². The number of nitrogens with one attached hydrogen (secondary N) is 1. The van der Waals surface area contributed by atoms with Gasteiger partial charge in [0.15, 0.2) is 11.2 Å². The third-order valence-corrected chi connectivity index (χ3v) is 4.42. The van der Waals surface area contributed by atoms with E-state index in [-0.39, 0.29) is 6.61 Å². The van der Waals surface area contributed by atoms with E-state index in [2.05, 4.69) is 15.1 Å². The van der Waals surface area contributed by atoms with Gasteiger partial charge in [-0.05, 0) is 12.8 Å². The molecule has 10 heteroatoms. The molecule has 0 fully saturated rings. The molecule has 0 aliphatic rings. The molecule has 0 bridgehead atoms. The van der Waals surface area contributed by atoms with Gasteiger partial charge < -0.3 is 9.30 Å². The molecule has 0 unspecified atom stereocenters. The second-order valence-electron chi connectivity index (χ2n) is 6.60. The van der Waals surface area contributed by atoms with Crippen molar-refractivity contribution in [1.29, 1.82) is 0 Å². The van der Waals surface area contributed by atoms with Crippen molar-refractivity contribution in [2.75, 3.05) is 0 Å². The number of hydrogen-bond donors (Lipinski definition) is 1. The normalized spacial score (nSPS) is 11.2. The Morgan fingerprint density at radius 3 is 2.61 bits per heavy atom. The number of aryl methyl sites for hydroxylation is 3. The van der Waals surface area contributed by atoms with E-state index in [1.807, 2.05) is 13.8 Å². The predicted molar refractivity (Wildman–Crippen MR) is 102 cm³/mol. The maximum Gasteiger partial charge on any atom is 0.341 e. The summed E-state index contributed by atoms with van der Waals surface area (Å²) in [4.78, 5) is 43.8. The number of carbonyl (C=O) groups is 1. The van der Waals surface area contributed by atoms with E-state index in [9.17, 15) is 14.4 Å². The molecule has 3 rings (SSSR count). The highest BCUT2D eigenvalue weighted by Gasteiger charge is 2.19. The molecule has 0 saturated carbocycles. The average molecular weight is 388 g/mol. The van der Waals surface area contributed by atoms with Crippen molar-refractivity contribution in [3.63, 3.8) is 0 Å². The minimum Gasteiger partial charge on any atom is -0.454 e. The lowest BCUT2D eigenvalue weighted by atomic mass is 10.3. The smallest absolute Gasteiger partial charge is 0.341 e. The molecular formula is C18H24N6O4. The highest BCUT2D eigenvalue weighted by atomic mass is 16.5. The summed E-state index contributed by atoms with van der Waals surface area (Å²) in [5, 5.41) is 3.95. The highest BCUT2D eigenvalue weighted by Crippen LogP contribution is 2.14. The van der Waals surface area contributed by atoms with E-state index >= 15 is 0 Å². The summed E-state index contributed by atoms with van der Waals surface area (Å²) in [6.07, 6.45) is 5.42. The minimum absolute atomic E-state index is 0.107. The summed E-state index contributed by atoms with van der Waals surface area (Å²) in [7, 11) is 1.71. The lowest BCUT2D eigenvalue weighted by molar-refractivity contribution is 0.0458. The predicted octanol–water partition coefficient (Wildman–Crippen LogP) is 1.19. The summed E-state index contributed by atoms with van der Waals surface area (Å²) < 4.78 is 10.1. The van der Waals surface area contributed by atoms with Crippen molar-refractivity contribution >= 4 is 17.1 Å². The molecule has 10 nitrogen and oxygen atoms in total. The van der Waals surface area contributed by atoms with Crippen LogP contribution in [0.15, 0.2) is 22.0 Å². The molecule has 0 aliphatic heterocycles. The number of esters is 1. The first-order valence-corrected chi connectivity index (χ1v) is 9.34. The van der Waals surface area contributed by atoms with Gasteiger partial charge >= 0.3 is 11.7 Å². The Hall–Kier alpha value is -3.17. The summed E-state index contributed by atoms with van der Waals surface area (Å²) in [6, 6.07) is 0. The maximum atomic E-state index is 12.4. The molecular weight excluding hydrogens is 364 g/mol. The van der Waals surface area contributed by atoms with Crippen LogP contribution in [0.25, 0.3) is 11.2 Å². The number of nitrogens with zero attached hydrogens (tertiary/aromatic N) is 5. The summed E-state index contributed by atoms with van der Waals surface area (Å²) in [6.45, 7) is 4.86. The van der Waals surface area contributed by atoms with Crippen molar-refractivity contribution in [2.24, 2.45) is 7.05 Å². The first-order chi connectivity index (χ1) is 13.5. The maximum absolute atomic E-state index is 12.4. The zero-order chi connectivity index (χ0) is 20.3. The van der Waals surface area contributed by atoms with Crippen molar-refractivity contribution in [3.8, 4) is 0 Å². The molecule has 150 valence electrons. The first-order valence-electron chi connectivity index (χ1n) is 9.34. The van der Waals surface area contributed by atoms with E-state index < -0.39 is 17.2 Å². The lowest BCUT2D eigenvalue weighted by Gasteiger charge is -2.08. The quantitative estimate of drug-likeness (QED) is 0.579. The van der Waals surface area contributed by atoms with Crippen LogP contribution in [-0.2, 0) is 31.5 Å². The van der Waals surface area contributed by atoms with Crippen LogP contribution in [0.5, 0.6) is 0 Å². The van der Waals surface area contributed by atoms with Gasteiger partial charge in [-0.1, -0.05) is 20.3 Å². The van der Waals surface area contributed by atoms with Crippen LogP contribution in [0.3, 0.4) is 0 Å². The Morgan fingerprint density at radius 1 is 1.18 bits per heavy atom. The van der Waals surface area contributed by atoms with Gasteiger partial charge in [0.2, 0.25) is 0 Å². The number of hydrogen-bond acceptors (Lipinski definition) is 6. The topological polar surface area (TPSA) is 117 Å². The van der Waals surface area contributed by atoms with Crippen LogP contribution in [0.1, 0.15) is 49.3 Å². The monoisotopic (exact) mass is 388 g/mol. The fraction of sp³-hybridized carbons (Fsp3) is 0.500. The van der Waals surface area contributed by atoms with Crippen molar-refractivity contribution in [1.82, 2.24) is 28.9 Å². The number of fused-ring (bicyclic) bond motifs is 1. The second kappa shape index (κ2) is 8.24.